The molecule has 0 aliphatic carbocycles. The van der Waals surface area contributed by atoms with E-state index in [1.807, 2.05) is 81.4 Å². The van der Waals surface area contributed by atoms with Crippen LogP contribution in [-0.4, -0.2) is 45.0 Å². The summed E-state index contributed by atoms with van der Waals surface area (Å²) in [5, 5.41) is 12.0. The first-order chi connectivity index (χ1) is 12.5. The van der Waals surface area contributed by atoms with Gasteiger partial charge in [-0.3, -0.25) is 4.79 Å². The molecule has 0 amide bonds. The average molecular weight is 347 g/mol. The summed E-state index contributed by atoms with van der Waals surface area (Å²) >= 11 is 0. The lowest BCUT2D eigenvalue weighted by Crippen LogP contribution is -2.13. The Bertz CT molecular complexity index is 937. The van der Waals surface area contributed by atoms with E-state index in [1.165, 1.54) is 0 Å². The lowest BCUT2D eigenvalue weighted by atomic mass is 10.0. The number of aromatic nitrogens is 4. The quantitative estimate of drug-likeness (QED) is 0.524. The van der Waals surface area contributed by atoms with Crippen molar-refractivity contribution >= 4 is 11.4 Å². The maximum Gasteiger partial charge on any atom is 0.198 e. The first-order valence-corrected chi connectivity index (χ1v) is 8.31. The van der Waals surface area contributed by atoms with Gasteiger partial charge in [-0.15, -0.1) is 5.10 Å². The summed E-state index contributed by atoms with van der Waals surface area (Å²) in [6.45, 7) is 4.01. The van der Waals surface area contributed by atoms with Crippen LogP contribution in [0.3, 0.4) is 0 Å². The molecule has 0 saturated carbocycles. The third-order valence-electron chi connectivity index (χ3n) is 3.93. The normalized spacial score (nSPS) is 11.5. The number of carbonyl (C=O) groups is 1. The third kappa shape index (κ3) is 3.69. The second-order valence-electron chi connectivity index (χ2n) is 6.45. The number of allylic oxidation sites excluding steroid dienone is 1. The molecule has 0 aliphatic rings. The highest BCUT2D eigenvalue weighted by molar-refractivity contribution is 6.28. The minimum atomic E-state index is -0.123. The number of carbonyl (C=O) groups excluding carboxylic acids is 1. The van der Waals surface area contributed by atoms with E-state index < -0.39 is 0 Å². The standard InChI is InChI=1S/C20H21N5O/c1-14-5-9-16(10-6-14)19(26)18(13-24(3)4)20-21-22-23-25(20)17-11-7-15(2)8-12-17/h5-13H,1-4H3. The monoisotopic (exact) mass is 347 g/mol. The van der Waals surface area contributed by atoms with Gasteiger partial charge in [-0.2, -0.15) is 4.68 Å². The summed E-state index contributed by atoms with van der Waals surface area (Å²) in [7, 11) is 3.73. The fraction of sp³-hybridized carbons (Fsp3) is 0.200. The molecule has 3 rings (SSSR count). The van der Waals surface area contributed by atoms with Crippen molar-refractivity contribution in [2.45, 2.75) is 13.8 Å². The Balaban J connectivity index is 2.08. The Hall–Kier alpha value is -3.28. The van der Waals surface area contributed by atoms with E-state index in [1.54, 1.807) is 10.9 Å². The minimum Gasteiger partial charge on any atom is -0.383 e. The topological polar surface area (TPSA) is 63.9 Å². The molecular formula is C20H21N5O. The van der Waals surface area contributed by atoms with Gasteiger partial charge >= 0.3 is 0 Å². The molecular weight excluding hydrogens is 326 g/mol. The molecule has 1 heterocycles. The van der Waals surface area contributed by atoms with Gasteiger partial charge in [0.15, 0.2) is 11.6 Å². The molecule has 0 N–H and O–H groups in total. The molecule has 0 unspecified atom stereocenters. The predicted octanol–water partition coefficient (Wildman–Crippen LogP) is 3.06. The molecule has 0 saturated heterocycles. The Morgan fingerprint density at radius 1 is 0.962 bits per heavy atom. The zero-order valence-corrected chi connectivity index (χ0v) is 15.3. The zero-order chi connectivity index (χ0) is 18.7. The van der Waals surface area contributed by atoms with Crippen molar-refractivity contribution in [2.75, 3.05) is 14.1 Å². The van der Waals surface area contributed by atoms with E-state index in [0.717, 1.165) is 16.8 Å². The molecule has 0 atom stereocenters. The van der Waals surface area contributed by atoms with Crippen LogP contribution in [0.5, 0.6) is 0 Å². The molecule has 0 radical (unpaired) electrons. The lowest BCUT2D eigenvalue weighted by Gasteiger charge is -2.12. The number of aryl methyl sites for hydroxylation is 2. The van der Waals surface area contributed by atoms with Crippen LogP contribution in [0.25, 0.3) is 11.3 Å². The first kappa shape index (κ1) is 17.5. The fourth-order valence-electron chi connectivity index (χ4n) is 2.55. The molecule has 0 spiro atoms. The largest absolute Gasteiger partial charge is 0.383 e. The number of benzene rings is 2. The highest BCUT2D eigenvalue weighted by Crippen LogP contribution is 2.21. The van der Waals surface area contributed by atoms with Gasteiger partial charge in [-0.1, -0.05) is 47.5 Å². The average Bonchev–Trinajstić information content (AvgIpc) is 3.09. The van der Waals surface area contributed by atoms with Gasteiger partial charge in [0.1, 0.15) is 0 Å². The van der Waals surface area contributed by atoms with Gasteiger partial charge in [0.25, 0.3) is 0 Å². The summed E-state index contributed by atoms with van der Waals surface area (Å²) in [4.78, 5) is 14.9. The number of Topliss-reactive ketones (excluding diaryl/α,β-unsaturated/α-hetero) is 1. The summed E-state index contributed by atoms with van der Waals surface area (Å²) in [5.74, 6) is 0.287. The highest BCUT2D eigenvalue weighted by atomic mass is 16.1. The lowest BCUT2D eigenvalue weighted by molar-refractivity contribution is 0.105. The van der Waals surface area contributed by atoms with Crippen LogP contribution in [0.15, 0.2) is 54.7 Å². The molecule has 132 valence electrons. The molecule has 3 aromatic rings. The van der Waals surface area contributed by atoms with Crippen LogP contribution in [0.1, 0.15) is 27.3 Å². The fourth-order valence-corrected chi connectivity index (χ4v) is 2.55. The van der Waals surface area contributed by atoms with E-state index in [0.29, 0.717) is 17.0 Å². The number of nitrogens with zero attached hydrogens (tertiary/aromatic N) is 5. The third-order valence-corrected chi connectivity index (χ3v) is 3.93. The number of hydrogen-bond acceptors (Lipinski definition) is 5. The van der Waals surface area contributed by atoms with E-state index in [-0.39, 0.29) is 5.78 Å². The van der Waals surface area contributed by atoms with Crippen molar-refractivity contribution in [3.8, 4) is 5.69 Å². The van der Waals surface area contributed by atoms with E-state index in [4.69, 9.17) is 0 Å². The Morgan fingerprint density at radius 3 is 2.12 bits per heavy atom. The van der Waals surface area contributed by atoms with Crippen LogP contribution in [0.4, 0.5) is 0 Å². The van der Waals surface area contributed by atoms with Gasteiger partial charge < -0.3 is 4.90 Å². The number of ketones is 1. The number of rotatable bonds is 5. The van der Waals surface area contributed by atoms with E-state index >= 15 is 0 Å². The van der Waals surface area contributed by atoms with E-state index in [2.05, 4.69) is 15.5 Å². The van der Waals surface area contributed by atoms with Gasteiger partial charge in [-0.05, 0) is 36.4 Å². The smallest absolute Gasteiger partial charge is 0.198 e. The Labute approximate surface area is 152 Å². The minimum absolute atomic E-state index is 0.123. The van der Waals surface area contributed by atoms with Gasteiger partial charge in [0, 0.05) is 25.9 Å². The second kappa shape index (κ2) is 7.31. The highest BCUT2D eigenvalue weighted by Gasteiger charge is 2.22. The van der Waals surface area contributed by atoms with Crippen molar-refractivity contribution < 1.29 is 4.79 Å². The molecule has 0 aliphatic heterocycles. The van der Waals surface area contributed by atoms with Gasteiger partial charge in [0.2, 0.25) is 0 Å². The molecule has 6 nitrogen and oxygen atoms in total. The summed E-state index contributed by atoms with van der Waals surface area (Å²) in [6, 6.07) is 15.3. The van der Waals surface area contributed by atoms with Crippen molar-refractivity contribution in [1.82, 2.24) is 25.1 Å². The van der Waals surface area contributed by atoms with Gasteiger partial charge in [0.05, 0.1) is 11.3 Å². The van der Waals surface area contributed by atoms with E-state index in [9.17, 15) is 4.79 Å². The SMILES string of the molecule is Cc1ccc(C(=O)C(=CN(C)C)c2nnnn2-c2ccc(C)cc2)cc1. The van der Waals surface area contributed by atoms with Crippen LogP contribution in [-0.2, 0) is 0 Å². The summed E-state index contributed by atoms with van der Waals surface area (Å²) < 4.78 is 1.58. The second-order valence-corrected chi connectivity index (χ2v) is 6.45. The van der Waals surface area contributed by atoms with Crippen molar-refractivity contribution in [3.63, 3.8) is 0 Å². The first-order valence-electron chi connectivity index (χ1n) is 8.31. The Morgan fingerprint density at radius 2 is 1.54 bits per heavy atom. The number of hydrogen-bond donors (Lipinski definition) is 0. The van der Waals surface area contributed by atoms with Gasteiger partial charge in [-0.25, -0.2) is 0 Å². The molecule has 0 bridgehead atoms. The Kier molecular flexibility index (Phi) is 4.93. The zero-order valence-electron chi connectivity index (χ0n) is 15.3. The van der Waals surface area contributed by atoms with Crippen LogP contribution in [0, 0.1) is 13.8 Å². The maximum absolute atomic E-state index is 13.1. The van der Waals surface area contributed by atoms with Crippen LogP contribution >= 0.6 is 0 Å². The molecule has 2 aromatic carbocycles. The van der Waals surface area contributed by atoms with Crippen molar-refractivity contribution in [3.05, 3.63) is 77.2 Å². The molecule has 0 fully saturated rings. The predicted molar refractivity (Wildman–Crippen MR) is 101 cm³/mol. The number of tetrazole rings is 1. The van der Waals surface area contributed by atoms with Crippen LogP contribution < -0.4 is 0 Å². The van der Waals surface area contributed by atoms with Crippen molar-refractivity contribution in [2.24, 2.45) is 0 Å². The summed E-state index contributed by atoms with van der Waals surface area (Å²) in [5.41, 5.74) is 4.08. The van der Waals surface area contributed by atoms with Crippen LogP contribution in [0.2, 0.25) is 0 Å². The van der Waals surface area contributed by atoms with Crippen molar-refractivity contribution in [1.29, 1.82) is 0 Å². The summed E-state index contributed by atoms with van der Waals surface area (Å²) in [6.07, 6.45) is 1.75. The molecule has 1 aromatic heterocycles. The molecule has 6 heteroatoms. The maximum atomic E-state index is 13.1. The molecule has 26 heavy (non-hydrogen) atoms.